The second-order valence-corrected chi connectivity index (χ2v) is 4.78. The summed E-state index contributed by atoms with van der Waals surface area (Å²) in [6, 6.07) is 0. The lowest BCUT2D eigenvalue weighted by Crippen LogP contribution is -2.33. The van der Waals surface area contributed by atoms with Crippen molar-refractivity contribution in [2.45, 2.75) is 25.2 Å². The van der Waals surface area contributed by atoms with Gasteiger partial charge in [0.15, 0.2) is 0 Å². The molecule has 2 nitrogen and oxygen atoms in total. The van der Waals surface area contributed by atoms with Crippen molar-refractivity contribution in [1.82, 2.24) is 4.90 Å². The Balaban J connectivity index is 1.98. The van der Waals surface area contributed by atoms with E-state index in [0.29, 0.717) is 13.0 Å². The van der Waals surface area contributed by atoms with Gasteiger partial charge in [-0.3, -0.25) is 4.79 Å². The number of rotatable bonds is 2. The van der Waals surface area contributed by atoms with Crippen molar-refractivity contribution < 1.29 is 13.6 Å². The highest BCUT2D eigenvalue weighted by atomic mass is 35.5. The molecule has 0 N–H and O–H groups in total. The SMILES string of the molecule is O=C(CCCl)N1C[C@@H]2CCC(F)(F)[C@@H]2C1. The predicted molar refractivity (Wildman–Crippen MR) is 53.1 cm³/mol. The summed E-state index contributed by atoms with van der Waals surface area (Å²) in [5, 5.41) is 0. The van der Waals surface area contributed by atoms with Gasteiger partial charge < -0.3 is 4.90 Å². The Hall–Kier alpha value is -0.380. The van der Waals surface area contributed by atoms with E-state index in [4.69, 9.17) is 11.6 Å². The third-order valence-corrected chi connectivity index (χ3v) is 3.68. The largest absolute Gasteiger partial charge is 0.342 e. The summed E-state index contributed by atoms with van der Waals surface area (Å²) < 4.78 is 26.7. The molecule has 1 aliphatic heterocycles. The molecule has 0 aromatic rings. The topological polar surface area (TPSA) is 20.3 Å². The first kappa shape index (κ1) is 11.1. The molecule has 1 saturated heterocycles. The van der Waals surface area contributed by atoms with Crippen LogP contribution in [0.1, 0.15) is 19.3 Å². The first-order chi connectivity index (χ1) is 7.04. The van der Waals surface area contributed by atoms with Crippen molar-refractivity contribution in [3.63, 3.8) is 0 Å². The highest BCUT2D eigenvalue weighted by Crippen LogP contribution is 2.48. The Morgan fingerprint density at radius 1 is 1.47 bits per heavy atom. The highest BCUT2D eigenvalue weighted by molar-refractivity contribution is 6.18. The number of fused-ring (bicyclic) bond motifs is 1. The monoisotopic (exact) mass is 237 g/mol. The first-order valence-corrected chi connectivity index (χ1v) is 5.79. The van der Waals surface area contributed by atoms with Crippen molar-refractivity contribution in [3.05, 3.63) is 0 Å². The zero-order valence-electron chi connectivity index (χ0n) is 8.39. The van der Waals surface area contributed by atoms with E-state index >= 15 is 0 Å². The Morgan fingerprint density at radius 3 is 2.80 bits per heavy atom. The first-order valence-electron chi connectivity index (χ1n) is 5.26. The quantitative estimate of drug-likeness (QED) is 0.674. The summed E-state index contributed by atoms with van der Waals surface area (Å²) in [6.07, 6.45) is 0.786. The van der Waals surface area contributed by atoms with Gasteiger partial charge in [0, 0.05) is 37.7 Å². The van der Waals surface area contributed by atoms with Crippen LogP contribution in [0.25, 0.3) is 0 Å². The molecule has 1 saturated carbocycles. The fraction of sp³-hybridized carbons (Fsp3) is 0.900. The summed E-state index contributed by atoms with van der Waals surface area (Å²) in [6.45, 7) is 0.712. The molecule has 0 aromatic carbocycles. The highest BCUT2D eigenvalue weighted by Gasteiger charge is 2.54. The summed E-state index contributed by atoms with van der Waals surface area (Å²) in [7, 11) is 0. The molecule has 86 valence electrons. The molecule has 2 atom stereocenters. The average Bonchev–Trinajstić information content (AvgIpc) is 2.68. The predicted octanol–water partition coefficient (Wildman–Crippen LogP) is 2.12. The van der Waals surface area contributed by atoms with Crippen LogP contribution in [0.15, 0.2) is 0 Å². The Morgan fingerprint density at radius 2 is 2.20 bits per heavy atom. The minimum Gasteiger partial charge on any atom is -0.342 e. The van der Waals surface area contributed by atoms with E-state index in [9.17, 15) is 13.6 Å². The normalized spacial score (nSPS) is 33.1. The van der Waals surface area contributed by atoms with Gasteiger partial charge in [0.2, 0.25) is 5.91 Å². The van der Waals surface area contributed by atoms with Crippen molar-refractivity contribution in [1.29, 1.82) is 0 Å². The number of nitrogens with zero attached hydrogens (tertiary/aromatic N) is 1. The van der Waals surface area contributed by atoms with Crippen LogP contribution in [-0.2, 0) is 4.79 Å². The van der Waals surface area contributed by atoms with Gasteiger partial charge in [-0.15, -0.1) is 11.6 Å². The summed E-state index contributed by atoms with van der Waals surface area (Å²) >= 11 is 5.46. The number of likely N-dealkylation sites (tertiary alicyclic amines) is 1. The maximum absolute atomic E-state index is 13.4. The van der Waals surface area contributed by atoms with Crippen LogP contribution in [0.3, 0.4) is 0 Å². The Kier molecular flexibility index (Phi) is 2.88. The van der Waals surface area contributed by atoms with Gasteiger partial charge in [-0.05, 0) is 12.3 Å². The molecule has 0 spiro atoms. The maximum atomic E-state index is 13.4. The van der Waals surface area contributed by atoms with E-state index in [1.165, 1.54) is 0 Å². The standard InChI is InChI=1S/C10H14ClF2NO/c11-4-2-9(15)14-5-7-1-3-10(12,13)8(7)6-14/h7-8H,1-6H2/t7-,8+/m0/s1. The van der Waals surface area contributed by atoms with E-state index in [1.54, 1.807) is 4.90 Å². The maximum Gasteiger partial charge on any atom is 0.252 e. The van der Waals surface area contributed by atoms with Crippen LogP contribution in [-0.4, -0.2) is 35.7 Å². The number of amides is 1. The molecule has 15 heavy (non-hydrogen) atoms. The van der Waals surface area contributed by atoms with Gasteiger partial charge in [-0.2, -0.15) is 0 Å². The molecule has 2 rings (SSSR count). The van der Waals surface area contributed by atoms with Crippen LogP contribution in [0.4, 0.5) is 8.78 Å². The number of hydrogen-bond acceptors (Lipinski definition) is 1. The zero-order valence-corrected chi connectivity index (χ0v) is 9.14. The molecule has 0 radical (unpaired) electrons. The molecule has 0 unspecified atom stereocenters. The number of carbonyl (C=O) groups excluding carboxylic acids is 1. The molecule has 5 heteroatoms. The van der Waals surface area contributed by atoms with Gasteiger partial charge in [0.25, 0.3) is 5.92 Å². The van der Waals surface area contributed by atoms with Crippen LogP contribution >= 0.6 is 11.6 Å². The van der Waals surface area contributed by atoms with E-state index in [0.717, 1.165) is 0 Å². The molecular formula is C10H14ClF2NO. The van der Waals surface area contributed by atoms with Gasteiger partial charge in [-0.1, -0.05) is 0 Å². The summed E-state index contributed by atoms with van der Waals surface area (Å²) in [5.74, 6) is -3.01. The number of hydrogen-bond donors (Lipinski definition) is 0. The molecule has 1 heterocycles. The second-order valence-electron chi connectivity index (χ2n) is 4.40. The summed E-state index contributed by atoms with van der Waals surface area (Å²) in [5.41, 5.74) is 0. The molecule has 0 bridgehead atoms. The smallest absolute Gasteiger partial charge is 0.252 e. The van der Waals surface area contributed by atoms with Crippen LogP contribution in [0, 0.1) is 11.8 Å². The van der Waals surface area contributed by atoms with Crippen molar-refractivity contribution in [3.8, 4) is 0 Å². The molecule has 2 aliphatic rings. The van der Waals surface area contributed by atoms with Crippen LogP contribution < -0.4 is 0 Å². The number of halogens is 3. The lowest BCUT2D eigenvalue weighted by molar-refractivity contribution is -0.130. The van der Waals surface area contributed by atoms with Crippen molar-refractivity contribution >= 4 is 17.5 Å². The third-order valence-electron chi connectivity index (χ3n) is 3.49. The summed E-state index contributed by atoms with van der Waals surface area (Å²) in [4.78, 5) is 13.0. The van der Waals surface area contributed by atoms with E-state index in [1.807, 2.05) is 0 Å². The van der Waals surface area contributed by atoms with Crippen LogP contribution in [0.5, 0.6) is 0 Å². The second kappa shape index (κ2) is 3.89. The van der Waals surface area contributed by atoms with Gasteiger partial charge in [0.1, 0.15) is 0 Å². The van der Waals surface area contributed by atoms with E-state index in [-0.39, 0.29) is 37.1 Å². The van der Waals surface area contributed by atoms with Gasteiger partial charge >= 0.3 is 0 Å². The van der Waals surface area contributed by atoms with Crippen LogP contribution in [0.2, 0.25) is 0 Å². The number of carbonyl (C=O) groups is 1. The minimum atomic E-state index is -2.57. The fourth-order valence-corrected chi connectivity index (χ4v) is 2.81. The zero-order chi connectivity index (χ0) is 11.1. The van der Waals surface area contributed by atoms with Crippen molar-refractivity contribution in [2.75, 3.05) is 19.0 Å². The van der Waals surface area contributed by atoms with Crippen molar-refractivity contribution in [2.24, 2.45) is 11.8 Å². The lowest BCUT2D eigenvalue weighted by Gasteiger charge is -2.20. The average molecular weight is 238 g/mol. The molecule has 1 aliphatic carbocycles. The molecular weight excluding hydrogens is 224 g/mol. The molecule has 2 fully saturated rings. The molecule has 1 amide bonds. The van der Waals surface area contributed by atoms with Gasteiger partial charge in [0.05, 0.1) is 0 Å². The van der Waals surface area contributed by atoms with E-state index in [2.05, 4.69) is 0 Å². The fourth-order valence-electron chi connectivity index (χ4n) is 2.65. The Labute approximate surface area is 92.6 Å². The Bertz CT molecular complexity index is 272. The molecule has 0 aromatic heterocycles. The van der Waals surface area contributed by atoms with Gasteiger partial charge in [-0.25, -0.2) is 8.78 Å². The van der Waals surface area contributed by atoms with E-state index < -0.39 is 11.8 Å². The third kappa shape index (κ3) is 1.96. The minimum absolute atomic E-state index is 0.000671. The number of alkyl halides is 3. The lowest BCUT2D eigenvalue weighted by atomic mass is 9.99.